The quantitative estimate of drug-likeness (QED) is 0.606. The van der Waals surface area contributed by atoms with Crippen molar-refractivity contribution in [1.29, 1.82) is 5.26 Å². The Hall–Kier alpha value is -2.21. The van der Waals surface area contributed by atoms with Crippen LogP contribution < -0.4 is 5.32 Å². The van der Waals surface area contributed by atoms with Crippen LogP contribution in [0.4, 0.5) is 0 Å². The van der Waals surface area contributed by atoms with Gasteiger partial charge in [0.1, 0.15) is 11.8 Å². The minimum absolute atomic E-state index is 0.128. The van der Waals surface area contributed by atoms with Crippen molar-refractivity contribution in [3.8, 4) is 17.3 Å². The summed E-state index contributed by atoms with van der Waals surface area (Å²) in [5.74, 6) is -0.216. The number of amides is 1. The van der Waals surface area contributed by atoms with E-state index in [4.69, 9.17) is 16.9 Å². The zero-order valence-electron chi connectivity index (χ0n) is 14.5. The molecule has 1 N–H and O–H groups in total. The SMILES string of the molecule is Cc1c(-c2ccn(CC(C)NC(=O)c3csc(Br)n3)n2)ccc(C#N)c1Cl. The molecule has 0 spiro atoms. The normalized spacial score (nSPS) is 11.8. The molecule has 6 nitrogen and oxygen atoms in total. The van der Waals surface area contributed by atoms with Crippen molar-refractivity contribution in [1.82, 2.24) is 20.1 Å². The molecule has 1 atom stereocenters. The zero-order valence-corrected chi connectivity index (χ0v) is 17.7. The highest BCUT2D eigenvalue weighted by atomic mass is 79.9. The number of rotatable bonds is 5. The minimum atomic E-state index is -0.216. The Morgan fingerprint density at radius 2 is 2.26 bits per heavy atom. The van der Waals surface area contributed by atoms with Crippen LogP contribution in [0.2, 0.25) is 5.02 Å². The molecule has 0 radical (unpaired) electrons. The molecule has 9 heteroatoms. The molecule has 0 aliphatic heterocycles. The van der Waals surface area contributed by atoms with Crippen LogP contribution in [0.25, 0.3) is 11.3 Å². The van der Waals surface area contributed by atoms with E-state index in [1.807, 2.05) is 32.2 Å². The topological polar surface area (TPSA) is 83.6 Å². The second-order valence-corrected chi connectivity index (χ2v) is 8.51. The number of aromatic nitrogens is 3. The van der Waals surface area contributed by atoms with E-state index in [9.17, 15) is 4.79 Å². The van der Waals surface area contributed by atoms with E-state index in [0.29, 0.717) is 26.7 Å². The van der Waals surface area contributed by atoms with E-state index in [1.54, 1.807) is 16.1 Å². The standard InChI is InChI=1S/C18H15BrClN5OS/c1-10(22-17(26)15-9-27-18(19)23-15)8-25-6-5-14(24-25)13-4-3-12(7-21)16(20)11(13)2/h3-6,9-10H,8H2,1-2H3,(H,22,26). The van der Waals surface area contributed by atoms with Crippen LogP contribution in [0.15, 0.2) is 33.7 Å². The van der Waals surface area contributed by atoms with Gasteiger partial charge in [-0.15, -0.1) is 11.3 Å². The van der Waals surface area contributed by atoms with Gasteiger partial charge in [-0.3, -0.25) is 9.48 Å². The molecule has 0 fully saturated rings. The monoisotopic (exact) mass is 463 g/mol. The fourth-order valence-electron chi connectivity index (χ4n) is 2.64. The number of halogens is 2. The number of benzene rings is 1. The van der Waals surface area contributed by atoms with Gasteiger partial charge in [0, 0.05) is 23.2 Å². The number of hydrogen-bond donors (Lipinski definition) is 1. The molecule has 27 heavy (non-hydrogen) atoms. The van der Waals surface area contributed by atoms with Crippen LogP contribution in [0.1, 0.15) is 28.5 Å². The number of nitrogens with one attached hydrogen (secondary N) is 1. The molecule has 1 aromatic carbocycles. The van der Waals surface area contributed by atoms with Gasteiger partial charge in [-0.1, -0.05) is 17.7 Å². The van der Waals surface area contributed by atoms with Gasteiger partial charge in [0.2, 0.25) is 0 Å². The van der Waals surface area contributed by atoms with Crippen LogP contribution in [-0.2, 0) is 6.54 Å². The zero-order chi connectivity index (χ0) is 19.6. The molecular weight excluding hydrogens is 450 g/mol. The van der Waals surface area contributed by atoms with Gasteiger partial charge in [-0.25, -0.2) is 4.98 Å². The molecule has 138 valence electrons. The maximum atomic E-state index is 12.2. The lowest BCUT2D eigenvalue weighted by atomic mass is 10.0. The summed E-state index contributed by atoms with van der Waals surface area (Å²) in [7, 11) is 0. The van der Waals surface area contributed by atoms with Gasteiger partial charge in [0.15, 0.2) is 3.92 Å². The highest BCUT2D eigenvalue weighted by Crippen LogP contribution is 2.29. The molecule has 1 unspecified atom stereocenters. The molecule has 0 aliphatic rings. The molecule has 2 aromatic heterocycles. The highest BCUT2D eigenvalue weighted by Gasteiger charge is 2.15. The Balaban J connectivity index is 1.70. The lowest BCUT2D eigenvalue weighted by Gasteiger charge is -2.13. The average Bonchev–Trinajstić information content (AvgIpc) is 3.26. The van der Waals surface area contributed by atoms with Gasteiger partial charge in [-0.05, 0) is 47.5 Å². The predicted octanol–water partition coefficient (Wildman–Crippen LogP) is 4.42. The molecule has 3 aromatic rings. The Morgan fingerprint density at radius 1 is 1.48 bits per heavy atom. The third-order valence-corrected chi connectivity index (χ3v) is 5.82. The number of nitriles is 1. The van der Waals surface area contributed by atoms with Crippen molar-refractivity contribution in [3.05, 3.63) is 55.5 Å². The fourth-order valence-corrected chi connectivity index (χ4v) is 3.83. The van der Waals surface area contributed by atoms with Crippen molar-refractivity contribution >= 4 is 44.8 Å². The summed E-state index contributed by atoms with van der Waals surface area (Å²) in [5.41, 5.74) is 3.30. The predicted molar refractivity (Wildman–Crippen MR) is 109 cm³/mol. The smallest absolute Gasteiger partial charge is 0.271 e. The summed E-state index contributed by atoms with van der Waals surface area (Å²) in [4.78, 5) is 16.3. The van der Waals surface area contributed by atoms with E-state index in [-0.39, 0.29) is 11.9 Å². The molecule has 0 saturated heterocycles. The van der Waals surface area contributed by atoms with Gasteiger partial charge in [0.05, 0.1) is 22.8 Å². The Kier molecular flexibility index (Phi) is 5.95. The molecule has 0 aliphatic carbocycles. The average molecular weight is 465 g/mol. The third kappa shape index (κ3) is 4.38. The third-order valence-electron chi connectivity index (χ3n) is 3.97. The number of nitrogens with zero attached hydrogens (tertiary/aromatic N) is 4. The summed E-state index contributed by atoms with van der Waals surface area (Å²) >= 11 is 10.9. The molecular formula is C18H15BrClN5OS. The summed E-state index contributed by atoms with van der Waals surface area (Å²) in [5, 5.41) is 18.7. The molecule has 2 heterocycles. The summed E-state index contributed by atoms with van der Waals surface area (Å²) in [6.45, 7) is 4.29. The van der Waals surface area contributed by atoms with Crippen LogP contribution >= 0.6 is 38.9 Å². The summed E-state index contributed by atoms with van der Waals surface area (Å²) in [6.07, 6.45) is 1.85. The van der Waals surface area contributed by atoms with E-state index < -0.39 is 0 Å². The maximum absolute atomic E-state index is 12.2. The first kappa shape index (κ1) is 19.5. The van der Waals surface area contributed by atoms with Crippen LogP contribution in [-0.4, -0.2) is 26.7 Å². The largest absolute Gasteiger partial charge is 0.346 e. The Morgan fingerprint density at radius 3 is 2.93 bits per heavy atom. The van der Waals surface area contributed by atoms with Crippen molar-refractivity contribution in [2.24, 2.45) is 0 Å². The first-order valence-corrected chi connectivity index (χ1v) is 10.1. The van der Waals surface area contributed by atoms with Crippen LogP contribution in [0.5, 0.6) is 0 Å². The van der Waals surface area contributed by atoms with Gasteiger partial charge in [-0.2, -0.15) is 10.4 Å². The van der Waals surface area contributed by atoms with E-state index in [0.717, 1.165) is 16.8 Å². The molecule has 3 rings (SSSR count). The van der Waals surface area contributed by atoms with Gasteiger partial charge >= 0.3 is 0 Å². The van der Waals surface area contributed by atoms with Crippen molar-refractivity contribution < 1.29 is 4.79 Å². The second kappa shape index (κ2) is 8.21. The number of hydrogen-bond acceptors (Lipinski definition) is 5. The molecule has 0 bridgehead atoms. The van der Waals surface area contributed by atoms with E-state index in [2.05, 4.69) is 37.4 Å². The van der Waals surface area contributed by atoms with E-state index >= 15 is 0 Å². The lowest BCUT2D eigenvalue weighted by Crippen LogP contribution is -2.36. The van der Waals surface area contributed by atoms with Crippen molar-refractivity contribution in [3.63, 3.8) is 0 Å². The maximum Gasteiger partial charge on any atom is 0.271 e. The summed E-state index contributed by atoms with van der Waals surface area (Å²) in [6, 6.07) is 7.37. The molecule has 1 amide bonds. The number of carbonyl (C=O) groups excluding carboxylic acids is 1. The number of carbonyl (C=O) groups is 1. The van der Waals surface area contributed by atoms with Gasteiger partial charge < -0.3 is 5.32 Å². The number of thiazole rings is 1. The minimum Gasteiger partial charge on any atom is -0.346 e. The fraction of sp³-hybridized carbons (Fsp3) is 0.222. The molecule has 0 saturated carbocycles. The van der Waals surface area contributed by atoms with E-state index in [1.165, 1.54) is 11.3 Å². The lowest BCUT2D eigenvalue weighted by molar-refractivity contribution is 0.0931. The first-order valence-electron chi connectivity index (χ1n) is 8.04. The van der Waals surface area contributed by atoms with Crippen LogP contribution in [0.3, 0.4) is 0 Å². The van der Waals surface area contributed by atoms with Crippen LogP contribution in [0, 0.1) is 18.3 Å². The highest BCUT2D eigenvalue weighted by molar-refractivity contribution is 9.11. The Bertz CT molecular complexity index is 1040. The van der Waals surface area contributed by atoms with Gasteiger partial charge in [0.25, 0.3) is 5.91 Å². The first-order chi connectivity index (χ1) is 12.9. The summed E-state index contributed by atoms with van der Waals surface area (Å²) < 4.78 is 2.44. The van der Waals surface area contributed by atoms with Crippen molar-refractivity contribution in [2.45, 2.75) is 26.4 Å². The second-order valence-electron chi connectivity index (χ2n) is 5.99. The van der Waals surface area contributed by atoms with Crippen molar-refractivity contribution in [2.75, 3.05) is 0 Å². The Labute approximate surface area is 173 Å².